The van der Waals surface area contributed by atoms with E-state index in [4.69, 9.17) is 0 Å². The first-order chi connectivity index (χ1) is 12.7. The van der Waals surface area contributed by atoms with E-state index in [1.807, 2.05) is 0 Å². The molecule has 2 aliphatic carbocycles. The second kappa shape index (κ2) is 8.10. The van der Waals surface area contributed by atoms with Gasteiger partial charge < -0.3 is 10.2 Å². The van der Waals surface area contributed by atoms with Crippen molar-refractivity contribution < 1.29 is 4.79 Å². The molecule has 0 aromatic carbocycles. The van der Waals surface area contributed by atoms with Crippen molar-refractivity contribution in [2.45, 2.75) is 64.2 Å². The lowest BCUT2D eigenvalue weighted by Crippen LogP contribution is -2.42. The van der Waals surface area contributed by atoms with Gasteiger partial charge in [0.1, 0.15) is 11.1 Å². The first kappa shape index (κ1) is 18.0. The SMILES string of the molecule is N#Cc1c(NC(=O)CCN2CC[C@@H]3CCCC[C@@H]3C2)sc2c1CCCC2. The topological polar surface area (TPSA) is 56.1 Å². The van der Waals surface area contributed by atoms with Gasteiger partial charge in [-0.1, -0.05) is 19.3 Å². The average Bonchev–Trinajstić information content (AvgIpc) is 3.03. The molecule has 1 aliphatic heterocycles. The van der Waals surface area contributed by atoms with Gasteiger partial charge in [-0.25, -0.2) is 0 Å². The van der Waals surface area contributed by atoms with Crippen LogP contribution < -0.4 is 5.32 Å². The van der Waals surface area contributed by atoms with Crippen LogP contribution in [0.4, 0.5) is 5.00 Å². The second-order valence-electron chi connectivity index (χ2n) is 8.22. The highest BCUT2D eigenvalue weighted by molar-refractivity contribution is 7.16. The molecule has 1 amide bonds. The van der Waals surface area contributed by atoms with Crippen LogP contribution >= 0.6 is 11.3 Å². The quantitative estimate of drug-likeness (QED) is 0.856. The summed E-state index contributed by atoms with van der Waals surface area (Å²) in [5.41, 5.74) is 1.92. The standard InChI is InChI=1S/C21H29N3OS/c22-13-18-17-7-3-4-8-19(17)26-21(18)23-20(25)10-12-24-11-9-15-5-1-2-6-16(15)14-24/h15-16H,1-12,14H2,(H,23,25)/t15-,16+/m0/s1. The van der Waals surface area contributed by atoms with Crippen molar-refractivity contribution in [1.29, 1.82) is 5.26 Å². The molecule has 0 spiro atoms. The number of amides is 1. The zero-order chi connectivity index (χ0) is 17.9. The second-order valence-corrected chi connectivity index (χ2v) is 9.32. The molecular formula is C21H29N3OS. The number of carbonyl (C=O) groups is 1. The minimum Gasteiger partial charge on any atom is -0.317 e. The largest absolute Gasteiger partial charge is 0.317 e. The molecule has 2 fully saturated rings. The number of rotatable bonds is 4. The Morgan fingerprint density at radius 2 is 1.96 bits per heavy atom. The molecule has 26 heavy (non-hydrogen) atoms. The van der Waals surface area contributed by atoms with Gasteiger partial charge in [0.25, 0.3) is 0 Å². The molecule has 5 heteroatoms. The summed E-state index contributed by atoms with van der Waals surface area (Å²) in [5.74, 6) is 1.85. The number of anilines is 1. The fourth-order valence-electron chi connectivity index (χ4n) is 5.10. The molecule has 140 valence electrons. The molecule has 1 saturated carbocycles. The zero-order valence-electron chi connectivity index (χ0n) is 15.6. The van der Waals surface area contributed by atoms with E-state index in [1.165, 1.54) is 55.5 Å². The maximum Gasteiger partial charge on any atom is 0.226 e. The van der Waals surface area contributed by atoms with Crippen LogP contribution in [0.15, 0.2) is 0 Å². The van der Waals surface area contributed by atoms with Gasteiger partial charge in [0.05, 0.1) is 5.56 Å². The summed E-state index contributed by atoms with van der Waals surface area (Å²) in [7, 11) is 0. The van der Waals surface area contributed by atoms with Crippen molar-refractivity contribution in [3.63, 3.8) is 0 Å². The summed E-state index contributed by atoms with van der Waals surface area (Å²) in [5, 5.41) is 13.3. The molecule has 1 saturated heterocycles. The predicted octanol–water partition coefficient (Wildman–Crippen LogP) is 4.34. The lowest BCUT2D eigenvalue weighted by atomic mass is 9.75. The Morgan fingerprint density at radius 1 is 1.15 bits per heavy atom. The van der Waals surface area contributed by atoms with Gasteiger partial charge in [-0.05, 0) is 62.5 Å². The van der Waals surface area contributed by atoms with Gasteiger partial charge in [-0.3, -0.25) is 4.79 Å². The molecule has 2 heterocycles. The molecule has 1 aromatic heterocycles. The van der Waals surface area contributed by atoms with Crippen molar-refractivity contribution >= 4 is 22.2 Å². The Bertz CT molecular complexity index is 705. The van der Waals surface area contributed by atoms with Crippen LogP contribution in [0, 0.1) is 23.2 Å². The van der Waals surface area contributed by atoms with Crippen LogP contribution in [0.2, 0.25) is 0 Å². The lowest BCUT2D eigenvalue weighted by molar-refractivity contribution is -0.116. The summed E-state index contributed by atoms with van der Waals surface area (Å²) in [4.78, 5) is 16.3. The zero-order valence-corrected chi connectivity index (χ0v) is 16.4. The molecule has 1 N–H and O–H groups in total. The molecule has 4 nitrogen and oxygen atoms in total. The van der Waals surface area contributed by atoms with Crippen LogP contribution in [0.1, 0.15) is 67.4 Å². The average molecular weight is 372 g/mol. The Balaban J connectivity index is 1.31. The summed E-state index contributed by atoms with van der Waals surface area (Å²) in [6, 6.07) is 2.33. The first-order valence-corrected chi connectivity index (χ1v) is 11.1. The molecule has 1 aromatic rings. The minimum absolute atomic E-state index is 0.0610. The number of thiophene rings is 1. The number of carbonyl (C=O) groups excluding carboxylic acids is 1. The monoisotopic (exact) mass is 371 g/mol. The van der Waals surface area contributed by atoms with Gasteiger partial charge >= 0.3 is 0 Å². The van der Waals surface area contributed by atoms with E-state index < -0.39 is 0 Å². The van der Waals surface area contributed by atoms with Gasteiger partial charge in [0.2, 0.25) is 5.91 Å². The maximum atomic E-state index is 12.5. The Kier molecular flexibility index (Phi) is 5.61. The number of nitriles is 1. The number of aryl methyl sites for hydroxylation is 1. The summed E-state index contributed by atoms with van der Waals surface area (Å²) in [6.45, 7) is 3.17. The van der Waals surface area contributed by atoms with Crippen molar-refractivity contribution in [1.82, 2.24) is 4.90 Å². The third kappa shape index (κ3) is 3.82. The first-order valence-electron chi connectivity index (χ1n) is 10.3. The summed E-state index contributed by atoms with van der Waals surface area (Å²) < 4.78 is 0. The number of hydrogen-bond donors (Lipinski definition) is 1. The summed E-state index contributed by atoms with van der Waals surface area (Å²) in [6.07, 6.45) is 11.8. The predicted molar refractivity (Wildman–Crippen MR) is 105 cm³/mol. The number of nitrogens with one attached hydrogen (secondary N) is 1. The van der Waals surface area contributed by atoms with Crippen molar-refractivity contribution in [3.8, 4) is 6.07 Å². The molecule has 0 bridgehead atoms. The van der Waals surface area contributed by atoms with E-state index in [0.29, 0.717) is 6.42 Å². The molecule has 3 aliphatic rings. The summed E-state index contributed by atoms with van der Waals surface area (Å²) >= 11 is 1.62. The van der Waals surface area contributed by atoms with E-state index in [1.54, 1.807) is 11.3 Å². The highest BCUT2D eigenvalue weighted by Gasteiger charge is 2.31. The molecular weight excluding hydrogens is 342 g/mol. The number of likely N-dealkylation sites (tertiary alicyclic amines) is 1. The van der Waals surface area contributed by atoms with Gasteiger partial charge in [-0.2, -0.15) is 5.26 Å². The van der Waals surface area contributed by atoms with Crippen LogP contribution in [-0.2, 0) is 17.6 Å². The number of piperidine rings is 1. The van der Waals surface area contributed by atoms with E-state index in [9.17, 15) is 10.1 Å². The molecule has 0 radical (unpaired) electrons. The minimum atomic E-state index is 0.0610. The Hall–Kier alpha value is -1.38. The Labute approximate surface area is 160 Å². The van der Waals surface area contributed by atoms with E-state index in [-0.39, 0.29) is 5.91 Å². The third-order valence-corrected chi connectivity index (χ3v) is 7.77. The highest BCUT2D eigenvalue weighted by atomic mass is 32.1. The number of fused-ring (bicyclic) bond motifs is 2. The van der Waals surface area contributed by atoms with E-state index in [0.717, 1.165) is 54.8 Å². The molecule has 0 unspecified atom stereocenters. The third-order valence-electron chi connectivity index (χ3n) is 6.57. The van der Waals surface area contributed by atoms with Crippen molar-refractivity contribution in [2.75, 3.05) is 25.0 Å². The van der Waals surface area contributed by atoms with Gasteiger partial charge in [-0.15, -0.1) is 11.3 Å². The fourth-order valence-corrected chi connectivity index (χ4v) is 6.36. The van der Waals surface area contributed by atoms with Crippen LogP contribution in [0.25, 0.3) is 0 Å². The van der Waals surface area contributed by atoms with Crippen molar-refractivity contribution in [2.24, 2.45) is 11.8 Å². The van der Waals surface area contributed by atoms with Crippen LogP contribution in [0.5, 0.6) is 0 Å². The fraction of sp³-hybridized carbons (Fsp3) is 0.714. The number of hydrogen-bond acceptors (Lipinski definition) is 4. The number of nitrogens with zero attached hydrogens (tertiary/aromatic N) is 2. The van der Waals surface area contributed by atoms with Gasteiger partial charge in [0, 0.05) is 24.4 Å². The van der Waals surface area contributed by atoms with Crippen LogP contribution in [-0.4, -0.2) is 30.4 Å². The normalized spacial score (nSPS) is 25.8. The molecule has 4 rings (SSSR count). The van der Waals surface area contributed by atoms with E-state index >= 15 is 0 Å². The van der Waals surface area contributed by atoms with Crippen molar-refractivity contribution in [3.05, 3.63) is 16.0 Å². The van der Waals surface area contributed by atoms with E-state index in [2.05, 4.69) is 16.3 Å². The lowest BCUT2D eigenvalue weighted by Gasteiger charge is -2.41. The smallest absolute Gasteiger partial charge is 0.226 e. The van der Waals surface area contributed by atoms with Gasteiger partial charge in [0.15, 0.2) is 0 Å². The Morgan fingerprint density at radius 3 is 2.81 bits per heavy atom. The highest BCUT2D eigenvalue weighted by Crippen LogP contribution is 2.38. The molecule has 2 atom stereocenters. The van der Waals surface area contributed by atoms with Crippen LogP contribution in [0.3, 0.4) is 0 Å². The maximum absolute atomic E-state index is 12.5.